The van der Waals surface area contributed by atoms with Crippen molar-refractivity contribution >= 4 is 15.9 Å². The van der Waals surface area contributed by atoms with Gasteiger partial charge in [-0.15, -0.1) is 0 Å². The van der Waals surface area contributed by atoms with E-state index in [1.807, 2.05) is 19.9 Å². The lowest BCUT2D eigenvalue weighted by Crippen LogP contribution is -1.91. The summed E-state index contributed by atoms with van der Waals surface area (Å²) in [5.74, 6) is 0. The second kappa shape index (κ2) is 3.02. The molecule has 0 fully saturated rings. The second-order valence-electron chi connectivity index (χ2n) is 2.34. The van der Waals surface area contributed by atoms with Crippen LogP contribution in [0.15, 0.2) is 10.7 Å². The van der Waals surface area contributed by atoms with Crippen molar-refractivity contribution in [3.63, 3.8) is 0 Å². The van der Waals surface area contributed by atoms with Crippen molar-refractivity contribution in [2.45, 2.75) is 13.8 Å². The number of nitriles is 1. The average molecular weight is 211 g/mol. The summed E-state index contributed by atoms with van der Waals surface area (Å²) in [5, 5.41) is 8.60. The fourth-order valence-electron chi connectivity index (χ4n) is 0.827. The van der Waals surface area contributed by atoms with Gasteiger partial charge in [0.15, 0.2) is 0 Å². The summed E-state index contributed by atoms with van der Waals surface area (Å²) in [6, 6.07) is 2.02. The molecule has 0 aliphatic carbocycles. The highest BCUT2D eigenvalue weighted by atomic mass is 79.9. The zero-order valence-corrected chi connectivity index (χ0v) is 7.94. The summed E-state index contributed by atoms with van der Waals surface area (Å²) in [7, 11) is 0. The number of pyridine rings is 1. The Hall–Kier alpha value is -0.880. The summed E-state index contributed by atoms with van der Waals surface area (Å²) in [6.45, 7) is 3.83. The van der Waals surface area contributed by atoms with E-state index in [-0.39, 0.29) is 0 Å². The Morgan fingerprint density at radius 3 is 2.73 bits per heavy atom. The van der Waals surface area contributed by atoms with Gasteiger partial charge in [-0.3, -0.25) is 0 Å². The fraction of sp³-hybridized carbons (Fsp3) is 0.250. The quantitative estimate of drug-likeness (QED) is 0.660. The molecular formula is C8H7BrN2. The van der Waals surface area contributed by atoms with Crippen molar-refractivity contribution in [1.82, 2.24) is 4.98 Å². The number of aryl methyl sites for hydroxylation is 1. The van der Waals surface area contributed by atoms with E-state index >= 15 is 0 Å². The normalized spacial score (nSPS) is 9.27. The van der Waals surface area contributed by atoms with Crippen molar-refractivity contribution in [1.29, 1.82) is 5.26 Å². The van der Waals surface area contributed by atoms with Crippen LogP contribution in [0.2, 0.25) is 0 Å². The standard InChI is InChI=1S/C8H7BrN2/c1-5-4-11-7(3-10)6(2)8(5)9/h4H,1-2H3. The van der Waals surface area contributed by atoms with Gasteiger partial charge < -0.3 is 0 Å². The molecule has 1 aromatic heterocycles. The van der Waals surface area contributed by atoms with Gasteiger partial charge in [0.25, 0.3) is 0 Å². The Labute approximate surface area is 74.0 Å². The third-order valence-electron chi connectivity index (χ3n) is 1.52. The number of aromatic nitrogens is 1. The molecule has 0 atom stereocenters. The Morgan fingerprint density at radius 1 is 1.55 bits per heavy atom. The molecule has 3 heteroatoms. The van der Waals surface area contributed by atoms with Gasteiger partial charge in [0.05, 0.1) is 0 Å². The smallest absolute Gasteiger partial charge is 0.144 e. The first-order valence-electron chi connectivity index (χ1n) is 3.18. The molecule has 0 N–H and O–H groups in total. The topological polar surface area (TPSA) is 36.7 Å². The molecule has 0 saturated carbocycles. The maximum Gasteiger partial charge on any atom is 0.144 e. The molecule has 0 aromatic carbocycles. The van der Waals surface area contributed by atoms with Crippen LogP contribution in [-0.2, 0) is 0 Å². The van der Waals surface area contributed by atoms with Gasteiger partial charge in [-0.25, -0.2) is 4.98 Å². The van der Waals surface area contributed by atoms with Gasteiger partial charge in [-0.2, -0.15) is 5.26 Å². The Bertz CT molecular complexity index is 326. The van der Waals surface area contributed by atoms with Crippen molar-refractivity contribution < 1.29 is 0 Å². The van der Waals surface area contributed by atoms with Crippen LogP contribution < -0.4 is 0 Å². The van der Waals surface area contributed by atoms with Gasteiger partial charge in [0.2, 0.25) is 0 Å². The van der Waals surface area contributed by atoms with E-state index in [2.05, 4.69) is 20.9 Å². The number of hydrogen-bond acceptors (Lipinski definition) is 2. The van der Waals surface area contributed by atoms with Crippen molar-refractivity contribution in [2.75, 3.05) is 0 Å². The highest BCUT2D eigenvalue weighted by Crippen LogP contribution is 2.21. The highest BCUT2D eigenvalue weighted by molar-refractivity contribution is 9.10. The Kier molecular flexibility index (Phi) is 2.25. The van der Waals surface area contributed by atoms with E-state index < -0.39 is 0 Å². The first kappa shape index (κ1) is 8.22. The molecule has 56 valence electrons. The number of rotatable bonds is 0. The summed E-state index contributed by atoms with van der Waals surface area (Å²) < 4.78 is 0.976. The fourth-order valence-corrected chi connectivity index (χ4v) is 1.12. The predicted molar refractivity (Wildman–Crippen MR) is 46.1 cm³/mol. The third kappa shape index (κ3) is 1.41. The van der Waals surface area contributed by atoms with Crippen LogP contribution in [0, 0.1) is 25.2 Å². The summed E-state index contributed by atoms with van der Waals surface area (Å²) in [4.78, 5) is 3.97. The van der Waals surface area contributed by atoms with E-state index in [0.29, 0.717) is 5.69 Å². The zero-order valence-electron chi connectivity index (χ0n) is 6.35. The maximum atomic E-state index is 8.60. The molecule has 0 spiro atoms. The van der Waals surface area contributed by atoms with E-state index in [4.69, 9.17) is 5.26 Å². The van der Waals surface area contributed by atoms with E-state index in [1.165, 1.54) is 0 Å². The van der Waals surface area contributed by atoms with Gasteiger partial charge in [0, 0.05) is 10.7 Å². The van der Waals surface area contributed by atoms with Crippen molar-refractivity contribution in [2.24, 2.45) is 0 Å². The minimum atomic E-state index is 0.488. The van der Waals surface area contributed by atoms with Gasteiger partial charge in [0.1, 0.15) is 11.8 Å². The van der Waals surface area contributed by atoms with Crippen LogP contribution in [0.25, 0.3) is 0 Å². The van der Waals surface area contributed by atoms with E-state index in [0.717, 1.165) is 15.6 Å². The molecule has 0 aliphatic rings. The minimum absolute atomic E-state index is 0.488. The molecule has 1 rings (SSSR count). The lowest BCUT2D eigenvalue weighted by atomic mass is 10.2. The predicted octanol–water partition coefficient (Wildman–Crippen LogP) is 2.33. The molecule has 0 unspecified atom stereocenters. The Morgan fingerprint density at radius 2 is 2.18 bits per heavy atom. The Balaban J connectivity index is 3.40. The lowest BCUT2D eigenvalue weighted by Gasteiger charge is -2.01. The number of nitrogens with zero attached hydrogens (tertiary/aromatic N) is 2. The molecule has 0 aliphatic heterocycles. The monoisotopic (exact) mass is 210 g/mol. The number of hydrogen-bond donors (Lipinski definition) is 0. The van der Waals surface area contributed by atoms with Crippen LogP contribution in [0.5, 0.6) is 0 Å². The van der Waals surface area contributed by atoms with Crippen LogP contribution in [0.3, 0.4) is 0 Å². The molecule has 11 heavy (non-hydrogen) atoms. The highest BCUT2D eigenvalue weighted by Gasteiger charge is 2.04. The van der Waals surface area contributed by atoms with Gasteiger partial charge >= 0.3 is 0 Å². The molecule has 2 nitrogen and oxygen atoms in total. The summed E-state index contributed by atoms with van der Waals surface area (Å²) in [5.41, 5.74) is 2.46. The third-order valence-corrected chi connectivity index (χ3v) is 2.74. The molecule has 0 saturated heterocycles. The molecule has 0 bridgehead atoms. The second-order valence-corrected chi connectivity index (χ2v) is 3.13. The van der Waals surface area contributed by atoms with E-state index in [9.17, 15) is 0 Å². The summed E-state index contributed by atoms with van der Waals surface area (Å²) in [6.07, 6.45) is 1.69. The molecule has 0 radical (unpaired) electrons. The van der Waals surface area contributed by atoms with Crippen LogP contribution >= 0.6 is 15.9 Å². The SMILES string of the molecule is Cc1cnc(C#N)c(C)c1Br. The largest absolute Gasteiger partial charge is 0.245 e. The molecule has 0 amide bonds. The van der Waals surface area contributed by atoms with Crippen LogP contribution in [0.1, 0.15) is 16.8 Å². The molecule has 1 heterocycles. The minimum Gasteiger partial charge on any atom is -0.245 e. The zero-order chi connectivity index (χ0) is 8.43. The molecule has 1 aromatic rings. The number of halogens is 1. The summed E-state index contributed by atoms with van der Waals surface area (Å²) >= 11 is 3.38. The molecular weight excluding hydrogens is 204 g/mol. The average Bonchev–Trinajstić information content (AvgIpc) is 2.01. The lowest BCUT2D eigenvalue weighted by molar-refractivity contribution is 1.16. The first-order chi connectivity index (χ1) is 5.16. The first-order valence-corrected chi connectivity index (χ1v) is 3.98. The maximum absolute atomic E-state index is 8.60. The van der Waals surface area contributed by atoms with Crippen LogP contribution in [0.4, 0.5) is 0 Å². The van der Waals surface area contributed by atoms with Crippen molar-refractivity contribution in [3.8, 4) is 6.07 Å². The van der Waals surface area contributed by atoms with Crippen molar-refractivity contribution in [3.05, 3.63) is 27.5 Å². The van der Waals surface area contributed by atoms with Crippen LogP contribution in [-0.4, -0.2) is 4.98 Å². The van der Waals surface area contributed by atoms with E-state index in [1.54, 1.807) is 6.20 Å². The van der Waals surface area contributed by atoms with Gasteiger partial charge in [-0.05, 0) is 25.0 Å². The van der Waals surface area contributed by atoms with Gasteiger partial charge in [-0.1, -0.05) is 15.9 Å².